The van der Waals surface area contributed by atoms with Gasteiger partial charge in [-0.1, -0.05) is 0 Å². The van der Waals surface area contributed by atoms with Crippen LogP contribution in [-0.2, 0) is 4.79 Å². The Morgan fingerprint density at radius 2 is 2.15 bits per heavy atom. The molecule has 0 aliphatic carbocycles. The van der Waals surface area contributed by atoms with Crippen molar-refractivity contribution in [3.05, 3.63) is 23.9 Å². The van der Waals surface area contributed by atoms with E-state index >= 15 is 0 Å². The third-order valence-electron chi connectivity index (χ3n) is 3.28. The average molecular weight is 275 g/mol. The van der Waals surface area contributed by atoms with Crippen molar-refractivity contribution in [2.75, 3.05) is 18.4 Å². The van der Waals surface area contributed by atoms with E-state index in [4.69, 9.17) is 0 Å². The van der Waals surface area contributed by atoms with E-state index in [1.165, 1.54) is 0 Å². The number of pyridine rings is 1. The number of nitrogens with zero attached hydrogens (tertiary/aromatic N) is 4. The molecule has 0 aliphatic heterocycles. The number of fused-ring (bicyclic) bond motifs is 1. The number of carbonyl (C=O) groups is 1. The number of carbonyl (C=O) groups excluding carboxylic acids is 1. The summed E-state index contributed by atoms with van der Waals surface area (Å²) in [6.07, 6.45) is 1.86. The van der Waals surface area contributed by atoms with Gasteiger partial charge in [0.1, 0.15) is 6.04 Å². The van der Waals surface area contributed by atoms with Crippen LogP contribution in [0.5, 0.6) is 0 Å². The Hall–Kier alpha value is -2.11. The van der Waals surface area contributed by atoms with Gasteiger partial charge in [-0.15, -0.1) is 5.10 Å². The third-order valence-corrected chi connectivity index (χ3v) is 3.28. The number of aryl methyl sites for hydroxylation is 1. The number of rotatable bonds is 5. The number of aromatic nitrogens is 3. The molecule has 0 spiro atoms. The van der Waals surface area contributed by atoms with Gasteiger partial charge in [0.2, 0.25) is 11.9 Å². The first kappa shape index (κ1) is 14.3. The maximum atomic E-state index is 12.2. The summed E-state index contributed by atoms with van der Waals surface area (Å²) >= 11 is 0. The van der Waals surface area contributed by atoms with Crippen LogP contribution < -0.4 is 5.32 Å². The number of nitrogens with one attached hydrogen (secondary N) is 1. The topological polar surface area (TPSA) is 62.5 Å². The van der Waals surface area contributed by atoms with Crippen LogP contribution in [0.2, 0.25) is 0 Å². The Labute approximate surface area is 118 Å². The molecule has 0 saturated carbocycles. The number of hydrogen-bond donors (Lipinski definition) is 1. The molecule has 2 heterocycles. The molecule has 6 nitrogen and oxygen atoms in total. The van der Waals surface area contributed by atoms with Crippen LogP contribution in [0.15, 0.2) is 18.3 Å². The van der Waals surface area contributed by atoms with Crippen LogP contribution >= 0.6 is 0 Å². The highest BCUT2D eigenvalue weighted by Gasteiger charge is 2.19. The molecule has 1 N–H and O–H groups in total. The molecule has 1 amide bonds. The fourth-order valence-corrected chi connectivity index (χ4v) is 2.11. The van der Waals surface area contributed by atoms with Crippen molar-refractivity contribution in [2.24, 2.45) is 0 Å². The van der Waals surface area contributed by atoms with Gasteiger partial charge in [-0.3, -0.25) is 4.79 Å². The fraction of sp³-hybridized carbons (Fsp3) is 0.500. The molecule has 0 fully saturated rings. The third kappa shape index (κ3) is 2.89. The molecule has 108 valence electrons. The van der Waals surface area contributed by atoms with E-state index in [-0.39, 0.29) is 11.9 Å². The highest BCUT2D eigenvalue weighted by Crippen LogP contribution is 2.09. The van der Waals surface area contributed by atoms with Gasteiger partial charge in [-0.2, -0.15) is 4.98 Å². The lowest BCUT2D eigenvalue weighted by molar-refractivity contribution is -0.131. The molecular formula is C14H21N5O. The highest BCUT2D eigenvalue weighted by molar-refractivity contribution is 5.83. The minimum absolute atomic E-state index is 0.0602. The zero-order valence-electron chi connectivity index (χ0n) is 12.4. The van der Waals surface area contributed by atoms with E-state index in [1.807, 2.05) is 46.0 Å². The molecule has 2 rings (SSSR count). The Morgan fingerprint density at radius 3 is 2.80 bits per heavy atom. The molecule has 1 atom stereocenters. The lowest BCUT2D eigenvalue weighted by Crippen LogP contribution is -2.41. The van der Waals surface area contributed by atoms with E-state index in [0.29, 0.717) is 19.0 Å². The van der Waals surface area contributed by atoms with Crippen molar-refractivity contribution in [3.63, 3.8) is 0 Å². The van der Waals surface area contributed by atoms with Gasteiger partial charge in [0, 0.05) is 19.3 Å². The molecule has 0 saturated heterocycles. The van der Waals surface area contributed by atoms with E-state index < -0.39 is 0 Å². The van der Waals surface area contributed by atoms with Crippen LogP contribution in [0.1, 0.15) is 26.3 Å². The molecule has 1 unspecified atom stereocenters. The van der Waals surface area contributed by atoms with E-state index in [1.54, 1.807) is 9.42 Å². The quantitative estimate of drug-likeness (QED) is 0.902. The van der Waals surface area contributed by atoms with E-state index in [2.05, 4.69) is 15.4 Å². The van der Waals surface area contributed by atoms with Crippen molar-refractivity contribution in [1.29, 1.82) is 0 Å². The Bertz CT molecular complexity index is 603. The van der Waals surface area contributed by atoms with Gasteiger partial charge >= 0.3 is 0 Å². The molecule has 0 aromatic carbocycles. The number of hydrogen-bond acceptors (Lipinski definition) is 4. The second-order valence-corrected chi connectivity index (χ2v) is 4.82. The summed E-state index contributed by atoms with van der Waals surface area (Å²) in [5, 5.41) is 7.38. The summed E-state index contributed by atoms with van der Waals surface area (Å²) in [7, 11) is 0. The van der Waals surface area contributed by atoms with Gasteiger partial charge < -0.3 is 10.2 Å². The summed E-state index contributed by atoms with van der Waals surface area (Å²) in [5.41, 5.74) is 1.90. The first-order chi connectivity index (χ1) is 9.55. The smallest absolute Gasteiger partial charge is 0.244 e. The summed E-state index contributed by atoms with van der Waals surface area (Å²) in [4.78, 5) is 18.3. The molecule has 0 aliphatic rings. The first-order valence-corrected chi connectivity index (χ1v) is 6.93. The van der Waals surface area contributed by atoms with Crippen molar-refractivity contribution in [3.8, 4) is 0 Å². The maximum Gasteiger partial charge on any atom is 0.244 e. The minimum Gasteiger partial charge on any atom is -0.341 e. The summed E-state index contributed by atoms with van der Waals surface area (Å²) < 4.78 is 1.70. The van der Waals surface area contributed by atoms with E-state index in [9.17, 15) is 4.79 Å². The van der Waals surface area contributed by atoms with Crippen molar-refractivity contribution in [1.82, 2.24) is 19.5 Å². The average Bonchev–Trinajstić information content (AvgIpc) is 2.81. The van der Waals surface area contributed by atoms with Gasteiger partial charge in [0.05, 0.1) is 0 Å². The number of anilines is 1. The van der Waals surface area contributed by atoms with Crippen LogP contribution in [0.4, 0.5) is 5.95 Å². The molecular weight excluding hydrogens is 254 g/mol. The van der Waals surface area contributed by atoms with Crippen LogP contribution in [-0.4, -0.2) is 44.5 Å². The largest absolute Gasteiger partial charge is 0.341 e. The predicted octanol–water partition coefficient (Wildman–Crippen LogP) is 1.71. The standard InChI is InChI=1S/C14H21N5O/c1-5-18(6-2)13(20)11(4)15-14-16-12-9-10(3)7-8-19(12)17-14/h7-9,11H,5-6H2,1-4H3,(H,15,17). The Kier molecular flexibility index (Phi) is 4.22. The highest BCUT2D eigenvalue weighted by atomic mass is 16.2. The second kappa shape index (κ2) is 5.90. The number of likely N-dealkylation sites (N-methyl/N-ethyl adjacent to an activating group) is 1. The molecule has 0 bridgehead atoms. The summed E-state index contributed by atoms with van der Waals surface area (Å²) in [6.45, 7) is 9.20. The SMILES string of the molecule is CCN(CC)C(=O)C(C)Nc1nc2cc(C)ccn2n1. The monoisotopic (exact) mass is 275 g/mol. The predicted molar refractivity (Wildman–Crippen MR) is 78.7 cm³/mol. The lowest BCUT2D eigenvalue weighted by atomic mass is 10.3. The van der Waals surface area contributed by atoms with Gasteiger partial charge in [0.15, 0.2) is 5.65 Å². The Morgan fingerprint density at radius 1 is 1.45 bits per heavy atom. The Balaban J connectivity index is 2.13. The lowest BCUT2D eigenvalue weighted by Gasteiger charge is -2.22. The first-order valence-electron chi connectivity index (χ1n) is 6.93. The van der Waals surface area contributed by atoms with Gasteiger partial charge in [-0.05, 0) is 45.4 Å². The van der Waals surface area contributed by atoms with Crippen LogP contribution in [0.3, 0.4) is 0 Å². The van der Waals surface area contributed by atoms with Crippen LogP contribution in [0, 0.1) is 6.92 Å². The van der Waals surface area contributed by atoms with Crippen molar-refractivity contribution in [2.45, 2.75) is 33.7 Å². The van der Waals surface area contributed by atoms with Crippen molar-refractivity contribution < 1.29 is 4.79 Å². The molecule has 6 heteroatoms. The number of amides is 1. The summed E-state index contributed by atoms with van der Waals surface area (Å²) in [5.74, 6) is 0.536. The molecule has 2 aromatic heterocycles. The van der Waals surface area contributed by atoms with Crippen molar-refractivity contribution >= 4 is 17.5 Å². The van der Waals surface area contributed by atoms with Gasteiger partial charge in [0.25, 0.3) is 0 Å². The molecule has 0 radical (unpaired) electrons. The van der Waals surface area contributed by atoms with Gasteiger partial charge in [-0.25, -0.2) is 4.52 Å². The normalized spacial score (nSPS) is 12.4. The zero-order chi connectivity index (χ0) is 14.7. The maximum absolute atomic E-state index is 12.2. The minimum atomic E-state index is -0.339. The van der Waals surface area contributed by atoms with E-state index in [0.717, 1.165) is 11.2 Å². The molecule has 2 aromatic rings. The second-order valence-electron chi connectivity index (χ2n) is 4.82. The fourth-order valence-electron chi connectivity index (χ4n) is 2.11. The summed E-state index contributed by atoms with van der Waals surface area (Å²) in [6, 6.07) is 3.58. The zero-order valence-corrected chi connectivity index (χ0v) is 12.4. The van der Waals surface area contributed by atoms with Crippen LogP contribution in [0.25, 0.3) is 5.65 Å². The molecule has 20 heavy (non-hydrogen) atoms.